The van der Waals surface area contributed by atoms with Gasteiger partial charge in [-0.25, -0.2) is 9.37 Å². The van der Waals surface area contributed by atoms with E-state index in [-0.39, 0.29) is 23.2 Å². The largest absolute Gasteiger partial charge is 0.593 e. The minimum absolute atomic E-state index is 0.00554. The quantitative estimate of drug-likeness (QED) is 0.455. The van der Waals surface area contributed by atoms with Gasteiger partial charge in [-0.1, -0.05) is 37.3 Å². The second-order valence-corrected chi connectivity index (χ2v) is 10.4. The molecule has 3 aromatic rings. The molecule has 1 saturated carbocycles. The van der Waals surface area contributed by atoms with E-state index in [1.54, 1.807) is 13.0 Å². The van der Waals surface area contributed by atoms with Gasteiger partial charge in [0, 0.05) is 6.54 Å². The first-order valence-electron chi connectivity index (χ1n) is 10.8. The summed E-state index contributed by atoms with van der Waals surface area (Å²) in [4.78, 5) is 4.35. The molecule has 2 heterocycles. The molecular weight excluding hydrogens is 443 g/mol. The topological polar surface area (TPSA) is 116 Å². The van der Waals surface area contributed by atoms with Crippen molar-refractivity contribution in [3.8, 4) is 11.5 Å². The Balaban J connectivity index is 1.65. The van der Waals surface area contributed by atoms with Gasteiger partial charge < -0.3 is 20.0 Å². The molecule has 10 heteroatoms. The van der Waals surface area contributed by atoms with Crippen molar-refractivity contribution in [1.29, 1.82) is 0 Å². The summed E-state index contributed by atoms with van der Waals surface area (Å²) in [6, 6.07) is 11.3. The summed E-state index contributed by atoms with van der Waals surface area (Å²) < 4.78 is 34.6. The fraction of sp³-hybridized carbons (Fsp3) is 0.435. The van der Waals surface area contributed by atoms with Crippen molar-refractivity contribution >= 4 is 23.0 Å². The average Bonchev–Trinajstić information content (AvgIpc) is 3.26. The van der Waals surface area contributed by atoms with Gasteiger partial charge in [-0.05, 0) is 43.2 Å². The number of nitrogens with one attached hydrogen (secondary N) is 1. The number of nitrogens with two attached hydrogens (primary N) is 1. The van der Waals surface area contributed by atoms with E-state index in [9.17, 15) is 4.55 Å². The molecule has 8 nitrogen and oxygen atoms in total. The predicted octanol–water partition coefficient (Wildman–Crippen LogP) is 3.48. The molecule has 1 aromatic carbocycles. The highest BCUT2D eigenvalue weighted by molar-refractivity contribution is 7.92. The molecule has 0 aliphatic heterocycles. The summed E-state index contributed by atoms with van der Waals surface area (Å²) >= 11 is -1.47. The third kappa shape index (κ3) is 5.29. The number of benzene rings is 1. The van der Waals surface area contributed by atoms with Gasteiger partial charge >= 0.3 is 0 Å². The highest BCUT2D eigenvalue weighted by Gasteiger charge is 2.33. The van der Waals surface area contributed by atoms with Crippen LogP contribution >= 0.6 is 0 Å². The molecule has 1 aliphatic rings. The molecule has 0 bridgehead atoms. The first-order valence-corrected chi connectivity index (χ1v) is 12.4. The van der Waals surface area contributed by atoms with Gasteiger partial charge in [-0.15, -0.1) is 10.2 Å². The number of hydrogen-bond acceptors (Lipinski definition) is 8. The fourth-order valence-corrected chi connectivity index (χ4v) is 4.03. The van der Waals surface area contributed by atoms with Crippen LogP contribution in [0.1, 0.15) is 31.7 Å². The van der Waals surface area contributed by atoms with Gasteiger partial charge in [0.15, 0.2) is 5.82 Å². The molecule has 1 fully saturated rings. The molecule has 2 aromatic heterocycles. The molecule has 4 rings (SSSR count). The number of hydrogen-bond donors (Lipinski definition) is 2. The summed E-state index contributed by atoms with van der Waals surface area (Å²) in [5.74, 6) is 1.13. The van der Waals surface area contributed by atoms with Crippen molar-refractivity contribution in [3.63, 3.8) is 0 Å². The van der Waals surface area contributed by atoms with E-state index in [4.69, 9.17) is 10.2 Å². The highest BCUT2D eigenvalue weighted by Crippen LogP contribution is 2.38. The monoisotopic (exact) mass is 472 g/mol. The molecule has 1 aliphatic carbocycles. The summed E-state index contributed by atoms with van der Waals surface area (Å²) in [6.07, 6.45) is 3.08. The zero-order valence-electron chi connectivity index (χ0n) is 19.2. The van der Waals surface area contributed by atoms with Crippen LogP contribution in [0.3, 0.4) is 0 Å². The van der Waals surface area contributed by atoms with E-state index in [1.807, 2.05) is 30.3 Å². The first kappa shape index (κ1) is 23.5. The zero-order chi connectivity index (χ0) is 23.8. The lowest BCUT2D eigenvalue weighted by atomic mass is 9.94. The summed E-state index contributed by atoms with van der Waals surface area (Å²) in [5.41, 5.74) is 6.65. The number of anilines is 2. The van der Waals surface area contributed by atoms with Gasteiger partial charge in [0.2, 0.25) is 11.7 Å². The van der Waals surface area contributed by atoms with E-state index in [2.05, 4.69) is 27.4 Å². The van der Waals surface area contributed by atoms with E-state index in [1.165, 1.54) is 17.6 Å². The standard InChI is InChI=1S/C23H29FN6O2S/c1-14-10-16(14)13-26-18-11-17(19(24)20(27-18)30(3)33(4)31)21-28-29-22(32-21)23(2,25)12-15-8-6-5-7-9-15/h5-9,11,14,16H,10,12-13,25H2,1-4H3,(H,26,27)/t14?,16?,23-,33?/m1/s1. The molecule has 176 valence electrons. The van der Waals surface area contributed by atoms with E-state index in [0.29, 0.717) is 24.1 Å². The molecule has 0 radical (unpaired) electrons. The Kier molecular flexibility index (Phi) is 6.60. The molecule has 0 amide bonds. The van der Waals surface area contributed by atoms with Gasteiger partial charge in [0.25, 0.3) is 5.89 Å². The summed E-state index contributed by atoms with van der Waals surface area (Å²) in [7, 11) is 1.52. The van der Waals surface area contributed by atoms with Crippen LogP contribution in [0.25, 0.3) is 11.5 Å². The third-order valence-electron chi connectivity index (χ3n) is 6.00. The van der Waals surface area contributed by atoms with E-state index >= 15 is 4.39 Å². The second kappa shape index (κ2) is 9.28. The van der Waals surface area contributed by atoms with Gasteiger partial charge in [0.05, 0.1) is 29.5 Å². The van der Waals surface area contributed by atoms with Gasteiger partial charge in [-0.3, -0.25) is 0 Å². The van der Waals surface area contributed by atoms with E-state index in [0.717, 1.165) is 18.5 Å². The Morgan fingerprint density at radius 2 is 2.03 bits per heavy atom. The number of pyridine rings is 1. The minimum Gasteiger partial charge on any atom is -0.593 e. The molecule has 3 N–H and O–H groups in total. The van der Waals surface area contributed by atoms with E-state index < -0.39 is 22.7 Å². The van der Waals surface area contributed by atoms with Crippen molar-refractivity contribution in [2.75, 3.05) is 29.5 Å². The molecule has 3 unspecified atom stereocenters. The van der Waals surface area contributed by atoms with Crippen LogP contribution in [0, 0.1) is 17.7 Å². The van der Waals surface area contributed by atoms with Crippen LogP contribution in [-0.2, 0) is 23.3 Å². The SMILES string of the molecule is CC1CC1CNc1cc(-c2nnc([C@](C)(N)Cc3ccccc3)o2)c(F)c(N(C)[S+](C)[O-])n1. The van der Waals surface area contributed by atoms with Crippen molar-refractivity contribution in [2.45, 2.75) is 32.2 Å². The maximum Gasteiger partial charge on any atom is 0.251 e. The number of aromatic nitrogens is 3. The molecular formula is C23H29FN6O2S. The molecule has 0 spiro atoms. The molecule has 4 atom stereocenters. The van der Waals surface area contributed by atoms with Crippen LogP contribution in [0.4, 0.5) is 16.0 Å². The average molecular weight is 473 g/mol. The van der Waals surface area contributed by atoms with Crippen molar-refractivity contribution < 1.29 is 13.4 Å². The Hall–Kier alpha value is -2.69. The van der Waals surface area contributed by atoms with Crippen LogP contribution in [0.2, 0.25) is 0 Å². The lowest BCUT2D eigenvalue weighted by molar-refractivity contribution is 0.355. The number of nitrogens with zero attached hydrogens (tertiary/aromatic N) is 4. The zero-order valence-corrected chi connectivity index (χ0v) is 20.0. The molecule has 33 heavy (non-hydrogen) atoms. The van der Waals surface area contributed by atoms with Crippen molar-refractivity contribution in [2.24, 2.45) is 17.6 Å². The third-order valence-corrected chi connectivity index (χ3v) is 6.95. The summed E-state index contributed by atoms with van der Waals surface area (Å²) in [6.45, 7) is 4.71. The van der Waals surface area contributed by atoms with Crippen LogP contribution in [-0.4, -0.2) is 39.6 Å². The maximum absolute atomic E-state index is 15.4. The van der Waals surface area contributed by atoms with Gasteiger partial charge in [-0.2, -0.15) is 4.31 Å². The molecule has 0 saturated heterocycles. The lowest BCUT2D eigenvalue weighted by Crippen LogP contribution is -2.35. The fourth-order valence-electron chi connectivity index (χ4n) is 3.67. The smallest absolute Gasteiger partial charge is 0.251 e. The maximum atomic E-state index is 15.4. The Labute approximate surface area is 196 Å². The van der Waals surface area contributed by atoms with Crippen molar-refractivity contribution in [1.82, 2.24) is 15.2 Å². The predicted molar refractivity (Wildman–Crippen MR) is 127 cm³/mol. The number of rotatable bonds is 9. The van der Waals surface area contributed by atoms with Crippen LogP contribution in [0.15, 0.2) is 40.8 Å². The Morgan fingerprint density at radius 1 is 1.33 bits per heavy atom. The Bertz CT molecular complexity index is 1110. The van der Waals surface area contributed by atoms with Crippen LogP contribution < -0.4 is 15.4 Å². The second-order valence-electron chi connectivity index (χ2n) is 8.96. The normalized spacial score (nSPS) is 20.2. The number of halogens is 1. The van der Waals surface area contributed by atoms with Crippen LogP contribution in [0.5, 0.6) is 0 Å². The lowest BCUT2D eigenvalue weighted by Gasteiger charge is -2.20. The van der Waals surface area contributed by atoms with Gasteiger partial charge in [0.1, 0.15) is 12.1 Å². The minimum atomic E-state index is -1.47. The van der Waals surface area contributed by atoms with Crippen molar-refractivity contribution in [3.05, 3.63) is 53.7 Å². The summed E-state index contributed by atoms with van der Waals surface area (Å²) in [5, 5.41) is 11.4. The highest BCUT2D eigenvalue weighted by atomic mass is 32.2. The first-order chi connectivity index (χ1) is 15.7. The Morgan fingerprint density at radius 3 is 2.67 bits per heavy atom.